The second-order valence-corrected chi connectivity index (χ2v) is 10.7. The second-order valence-electron chi connectivity index (χ2n) is 8.79. The lowest BCUT2D eigenvalue weighted by Gasteiger charge is -2.32. The number of nitrogens with zero attached hydrogens (tertiary/aromatic N) is 2. The summed E-state index contributed by atoms with van der Waals surface area (Å²) in [6.45, 7) is 4.29. The van der Waals surface area contributed by atoms with E-state index in [9.17, 15) is 18.0 Å². The van der Waals surface area contributed by atoms with Gasteiger partial charge in [-0.1, -0.05) is 30.7 Å². The Morgan fingerprint density at radius 2 is 1.85 bits per heavy atom. The average molecular weight is 471 g/mol. The van der Waals surface area contributed by atoms with Crippen molar-refractivity contribution in [3.05, 3.63) is 59.2 Å². The Hall–Kier alpha value is -2.71. The fourth-order valence-corrected chi connectivity index (χ4v) is 6.35. The number of amides is 1. The Morgan fingerprint density at radius 1 is 1.06 bits per heavy atom. The summed E-state index contributed by atoms with van der Waals surface area (Å²) in [6.07, 6.45) is 4.42. The zero-order valence-corrected chi connectivity index (χ0v) is 19.9. The summed E-state index contributed by atoms with van der Waals surface area (Å²) in [6, 6.07) is 12.2. The summed E-state index contributed by atoms with van der Waals surface area (Å²) in [4.78, 5) is 27.3. The minimum atomic E-state index is -3.72. The van der Waals surface area contributed by atoms with Gasteiger partial charge in [-0.15, -0.1) is 0 Å². The summed E-state index contributed by atoms with van der Waals surface area (Å²) < 4.78 is 33.2. The quantitative estimate of drug-likeness (QED) is 0.623. The zero-order valence-electron chi connectivity index (χ0n) is 19.1. The number of hydrogen-bond acceptors (Lipinski definition) is 5. The number of piperidine rings is 1. The first-order valence-electron chi connectivity index (χ1n) is 11.5. The van der Waals surface area contributed by atoms with Crippen molar-refractivity contribution < 1.29 is 22.7 Å². The van der Waals surface area contributed by atoms with Crippen LogP contribution in [-0.2, 0) is 26.0 Å². The van der Waals surface area contributed by atoms with Crippen molar-refractivity contribution in [2.45, 2.75) is 56.9 Å². The first-order valence-corrected chi connectivity index (χ1v) is 12.9. The van der Waals surface area contributed by atoms with Crippen molar-refractivity contribution >= 4 is 27.6 Å². The lowest BCUT2D eigenvalue weighted by molar-refractivity contribution is -0.121. The van der Waals surface area contributed by atoms with Gasteiger partial charge in [0.15, 0.2) is 6.61 Å². The van der Waals surface area contributed by atoms with Crippen molar-refractivity contribution in [1.29, 1.82) is 0 Å². The van der Waals surface area contributed by atoms with Gasteiger partial charge in [0, 0.05) is 24.8 Å². The normalized spacial score (nSPS) is 19.1. The van der Waals surface area contributed by atoms with E-state index in [1.54, 1.807) is 17.9 Å². The van der Waals surface area contributed by atoms with Gasteiger partial charge in [-0.3, -0.25) is 4.79 Å². The van der Waals surface area contributed by atoms with Gasteiger partial charge in [-0.25, -0.2) is 13.2 Å². The first kappa shape index (κ1) is 23.4. The maximum atomic E-state index is 13.2. The molecule has 1 saturated heterocycles. The Morgan fingerprint density at radius 3 is 2.64 bits per heavy atom. The molecule has 0 aromatic heterocycles. The van der Waals surface area contributed by atoms with E-state index in [1.807, 2.05) is 31.2 Å². The topological polar surface area (TPSA) is 84.0 Å². The van der Waals surface area contributed by atoms with Crippen LogP contribution in [0.25, 0.3) is 0 Å². The molecule has 2 heterocycles. The van der Waals surface area contributed by atoms with Gasteiger partial charge in [-0.05, 0) is 68.9 Å². The minimum absolute atomic E-state index is 0.0742. The molecule has 0 bridgehead atoms. The first-order chi connectivity index (χ1) is 15.8. The van der Waals surface area contributed by atoms with E-state index in [4.69, 9.17) is 4.74 Å². The largest absolute Gasteiger partial charge is 0.452 e. The standard InChI is InChI=1S/C25H30N2O5S/c1-18-12-13-21(33(30,31)27-15-6-5-8-19(27)2)16-22(18)25(29)32-17-24(28)26-14-7-10-20-9-3-4-11-23(20)26/h3-4,9,11-13,16,19H,5-8,10,14-15,17H2,1-2H3. The number of para-hydroxylation sites is 1. The predicted octanol–water partition coefficient (Wildman–Crippen LogP) is 3.69. The van der Waals surface area contributed by atoms with Gasteiger partial charge in [0.2, 0.25) is 10.0 Å². The van der Waals surface area contributed by atoms with Gasteiger partial charge >= 0.3 is 5.97 Å². The van der Waals surface area contributed by atoms with Crippen LogP contribution in [0.15, 0.2) is 47.4 Å². The number of hydrogen-bond donors (Lipinski definition) is 0. The molecule has 2 aromatic rings. The van der Waals surface area contributed by atoms with Gasteiger partial charge in [0.05, 0.1) is 10.5 Å². The Labute approximate surface area is 195 Å². The van der Waals surface area contributed by atoms with Crippen LogP contribution in [0.5, 0.6) is 0 Å². The third-order valence-electron chi connectivity index (χ3n) is 6.52. The number of fused-ring (bicyclic) bond motifs is 1. The minimum Gasteiger partial charge on any atom is -0.452 e. The molecular formula is C25H30N2O5S. The highest BCUT2D eigenvalue weighted by Gasteiger charge is 2.32. The van der Waals surface area contributed by atoms with Crippen LogP contribution >= 0.6 is 0 Å². The number of aryl methyl sites for hydroxylation is 2. The summed E-state index contributed by atoms with van der Waals surface area (Å²) in [5.74, 6) is -0.992. The number of ether oxygens (including phenoxy) is 1. The van der Waals surface area contributed by atoms with Gasteiger partial charge in [0.25, 0.3) is 5.91 Å². The van der Waals surface area contributed by atoms with Gasteiger partial charge in [-0.2, -0.15) is 4.31 Å². The van der Waals surface area contributed by atoms with E-state index in [1.165, 1.54) is 16.4 Å². The molecule has 1 amide bonds. The molecule has 7 nitrogen and oxygen atoms in total. The lowest BCUT2D eigenvalue weighted by atomic mass is 10.0. The van der Waals surface area contributed by atoms with Crippen LogP contribution in [0.3, 0.4) is 0 Å². The fourth-order valence-electron chi connectivity index (χ4n) is 4.62. The number of carbonyl (C=O) groups is 2. The highest BCUT2D eigenvalue weighted by Crippen LogP contribution is 2.28. The molecular weight excluding hydrogens is 440 g/mol. The molecule has 0 N–H and O–H groups in total. The molecule has 0 saturated carbocycles. The van der Waals surface area contributed by atoms with Crippen LogP contribution in [0.2, 0.25) is 0 Å². The van der Waals surface area contributed by atoms with Gasteiger partial charge < -0.3 is 9.64 Å². The smallest absolute Gasteiger partial charge is 0.338 e. The van der Waals surface area contributed by atoms with E-state index in [0.29, 0.717) is 18.7 Å². The molecule has 1 fully saturated rings. The summed E-state index contributed by atoms with van der Waals surface area (Å²) in [5, 5.41) is 0. The Kier molecular flexibility index (Phi) is 6.86. The van der Waals surface area contributed by atoms with Crippen LogP contribution in [-0.4, -0.2) is 50.3 Å². The molecule has 4 rings (SSSR count). The summed E-state index contributed by atoms with van der Waals surface area (Å²) >= 11 is 0. The van der Waals surface area contributed by atoms with Crippen molar-refractivity contribution in [3.8, 4) is 0 Å². The highest BCUT2D eigenvalue weighted by molar-refractivity contribution is 7.89. The van der Waals surface area contributed by atoms with Crippen LogP contribution in [0, 0.1) is 6.92 Å². The molecule has 0 spiro atoms. The maximum Gasteiger partial charge on any atom is 0.338 e. The van der Waals surface area contributed by atoms with Crippen molar-refractivity contribution in [2.75, 3.05) is 24.6 Å². The number of carbonyl (C=O) groups excluding carboxylic acids is 2. The number of rotatable bonds is 5. The average Bonchev–Trinajstić information content (AvgIpc) is 2.82. The van der Waals surface area contributed by atoms with E-state index >= 15 is 0 Å². The molecule has 1 unspecified atom stereocenters. The van der Waals surface area contributed by atoms with Crippen LogP contribution in [0.4, 0.5) is 5.69 Å². The van der Waals surface area contributed by atoms with E-state index in [0.717, 1.165) is 43.4 Å². The molecule has 2 aliphatic heterocycles. The van der Waals surface area contributed by atoms with Crippen LogP contribution in [0.1, 0.15) is 54.1 Å². The molecule has 33 heavy (non-hydrogen) atoms. The van der Waals surface area contributed by atoms with E-state index in [-0.39, 0.29) is 22.4 Å². The highest BCUT2D eigenvalue weighted by atomic mass is 32.2. The third-order valence-corrected chi connectivity index (χ3v) is 8.53. The Balaban J connectivity index is 1.48. The van der Waals surface area contributed by atoms with Crippen molar-refractivity contribution in [3.63, 3.8) is 0 Å². The monoisotopic (exact) mass is 470 g/mol. The predicted molar refractivity (Wildman–Crippen MR) is 126 cm³/mol. The third kappa shape index (κ3) is 4.82. The maximum absolute atomic E-state index is 13.2. The zero-order chi connectivity index (χ0) is 23.6. The molecule has 2 aromatic carbocycles. The summed E-state index contributed by atoms with van der Waals surface area (Å²) in [5.41, 5.74) is 2.71. The number of sulfonamides is 1. The molecule has 1 atom stereocenters. The van der Waals surface area contributed by atoms with Crippen LogP contribution < -0.4 is 4.90 Å². The van der Waals surface area contributed by atoms with Gasteiger partial charge in [0.1, 0.15) is 0 Å². The number of esters is 1. The van der Waals surface area contributed by atoms with E-state index < -0.39 is 22.6 Å². The van der Waals surface area contributed by atoms with E-state index in [2.05, 4.69) is 0 Å². The lowest BCUT2D eigenvalue weighted by Crippen LogP contribution is -2.42. The molecule has 8 heteroatoms. The van der Waals surface area contributed by atoms with Crippen molar-refractivity contribution in [1.82, 2.24) is 4.31 Å². The molecule has 0 aliphatic carbocycles. The molecule has 2 aliphatic rings. The molecule has 176 valence electrons. The Bertz CT molecular complexity index is 1160. The second kappa shape index (κ2) is 9.65. The number of benzene rings is 2. The number of anilines is 1. The SMILES string of the molecule is Cc1ccc(S(=O)(=O)N2CCCCC2C)cc1C(=O)OCC(=O)N1CCCc2ccccc21. The fraction of sp³-hybridized carbons (Fsp3) is 0.440. The summed E-state index contributed by atoms with van der Waals surface area (Å²) in [7, 11) is -3.72. The van der Waals surface area contributed by atoms with Crippen molar-refractivity contribution in [2.24, 2.45) is 0 Å². The molecule has 0 radical (unpaired) electrons.